The molecule has 0 radical (unpaired) electrons. The van der Waals surface area contributed by atoms with E-state index in [0.29, 0.717) is 0 Å². The highest BCUT2D eigenvalue weighted by atomic mass is 15.1. The maximum Gasteiger partial charge on any atom is 0.0951 e. The van der Waals surface area contributed by atoms with Crippen molar-refractivity contribution >= 4 is 0 Å². The predicted octanol–water partition coefficient (Wildman–Crippen LogP) is 2.82. The molecule has 1 aromatic carbocycles. The van der Waals surface area contributed by atoms with Crippen LogP contribution in [-0.2, 0) is 13.1 Å². The summed E-state index contributed by atoms with van der Waals surface area (Å²) in [6, 6.07) is 10.5. The van der Waals surface area contributed by atoms with Crippen molar-refractivity contribution in [2.24, 2.45) is 0 Å². The van der Waals surface area contributed by atoms with Crippen molar-refractivity contribution in [3.8, 4) is 0 Å². The van der Waals surface area contributed by atoms with Crippen molar-refractivity contribution in [2.45, 2.75) is 39.4 Å². The number of hydrogen-bond acceptors (Lipinski definition) is 2. The fraction of sp³-hybridized carbons (Fsp3) is 0.400. The van der Waals surface area contributed by atoms with Gasteiger partial charge in [-0.3, -0.25) is 0 Å². The van der Waals surface area contributed by atoms with Crippen LogP contribution in [0.3, 0.4) is 0 Å². The molecule has 3 heteroatoms. The molecule has 0 fully saturated rings. The first-order valence-corrected chi connectivity index (χ1v) is 6.32. The Morgan fingerprint density at radius 2 is 1.89 bits per heavy atom. The molecule has 2 rings (SSSR count). The molecule has 0 saturated carbocycles. The van der Waals surface area contributed by atoms with Crippen LogP contribution < -0.4 is 5.32 Å². The topological polar surface area (TPSA) is 29.9 Å². The molecule has 18 heavy (non-hydrogen) atoms. The summed E-state index contributed by atoms with van der Waals surface area (Å²) in [4.78, 5) is 4.24. The quantitative estimate of drug-likeness (QED) is 0.895. The van der Waals surface area contributed by atoms with Gasteiger partial charge in [0.2, 0.25) is 0 Å². The first-order valence-electron chi connectivity index (χ1n) is 6.32. The van der Waals surface area contributed by atoms with Crippen molar-refractivity contribution in [2.75, 3.05) is 0 Å². The minimum absolute atomic E-state index is 0.127. The molecule has 1 N–H and O–H groups in total. The largest absolute Gasteiger partial charge is 0.329 e. The molecular weight excluding hydrogens is 222 g/mol. The Labute approximate surface area is 109 Å². The van der Waals surface area contributed by atoms with Gasteiger partial charge in [0.05, 0.1) is 12.0 Å². The van der Waals surface area contributed by atoms with Gasteiger partial charge in [-0.05, 0) is 26.3 Å². The molecule has 1 aromatic heterocycles. The Kier molecular flexibility index (Phi) is 3.82. The third-order valence-corrected chi connectivity index (χ3v) is 2.79. The fourth-order valence-corrected chi connectivity index (χ4v) is 1.77. The Balaban J connectivity index is 2.04. The smallest absolute Gasteiger partial charge is 0.0951 e. The second-order valence-corrected chi connectivity index (χ2v) is 5.60. The molecule has 0 saturated heterocycles. The first-order chi connectivity index (χ1) is 8.54. The van der Waals surface area contributed by atoms with Crippen molar-refractivity contribution in [1.29, 1.82) is 0 Å². The van der Waals surface area contributed by atoms with E-state index in [-0.39, 0.29) is 5.54 Å². The number of hydrogen-bond donors (Lipinski definition) is 1. The summed E-state index contributed by atoms with van der Waals surface area (Å²) < 4.78 is 2.19. The van der Waals surface area contributed by atoms with Crippen molar-refractivity contribution in [3.05, 3.63) is 54.1 Å². The zero-order valence-corrected chi connectivity index (χ0v) is 11.4. The average Bonchev–Trinajstić information content (AvgIpc) is 2.74. The van der Waals surface area contributed by atoms with Crippen LogP contribution in [0.2, 0.25) is 0 Å². The van der Waals surface area contributed by atoms with Gasteiger partial charge in [0.25, 0.3) is 0 Å². The van der Waals surface area contributed by atoms with E-state index in [2.05, 4.69) is 59.9 Å². The molecule has 0 amide bonds. The lowest BCUT2D eigenvalue weighted by Gasteiger charge is -2.21. The van der Waals surface area contributed by atoms with Crippen LogP contribution in [0, 0.1) is 0 Å². The van der Waals surface area contributed by atoms with Gasteiger partial charge in [0.15, 0.2) is 0 Å². The van der Waals surface area contributed by atoms with Gasteiger partial charge in [0, 0.05) is 24.8 Å². The molecule has 3 nitrogen and oxygen atoms in total. The molecule has 2 aromatic rings. The minimum Gasteiger partial charge on any atom is -0.329 e. The number of aromatic nitrogens is 2. The Hall–Kier alpha value is -1.61. The van der Waals surface area contributed by atoms with Gasteiger partial charge < -0.3 is 9.88 Å². The third-order valence-electron chi connectivity index (χ3n) is 2.79. The molecule has 96 valence electrons. The molecule has 1 heterocycles. The number of rotatable bonds is 4. The van der Waals surface area contributed by atoms with Crippen LogP contribution in [0.25, 0.3) is 0 Å². The van der Waals surface area contributed by atoms with Crippen LogP contribution in [0.1, 0.15) is 32.0 Å². The summed E-state index contributed by atoms with van der Waals surface area (Å²) in [5.41, 5.74) is 2.64. The van der Waals surface area contributed by atoms with Crippen LogP contribution >= 0.6 is 0 Å². The summed E-state index contributed by atoms with van der Waals surface area (Å²) in [6.45, 7) is 8.24. The molecule has 0 atom stereocenters. The Morgan fingerprint density at radius 3 is 2.56 bits per heavy atom. The van der Waals surface area contributed by atoms with Crippen molar-refractivity contribution < 1.29 is 0 Å². The molecule has 0 aliphatic carbocycles. The van der Waals surface area contributed by atoms with E-state index in [1.54, 1.807) is 0 Å². The van der Waals surface area contributed by atoms with Crippen LogP contribution in [0.15, 0.2) is 42.9 Å². The van der Waals surface area contributed by atoms with Gasteiger partial charge in [0.1, 0.15) is 0 Å². The normalized spacial score (nSPS) is 11.7. The molecule has 0 unspecified atom stereocenters. The second kappa shape index (κ2) is 5.36. The van der Waals surface area contributed by atoms with Gasteiger partial charge in [-0.1, -0.05) is 30.3 Å². The molecule has 0 aliphatic heterocycles. The van der Waals surface area contributed by atoms with E-state index in [4.69, 9.17) is 0 Å². The third kappa shape index (κ3) is 3.70. The lowest BCUT2D eigenvalue weighted by molar-refractivity contribution is 0.417. The van der Waals surface area contributed by atoms with Gasteiger partial charge in [-0.25, -0.2) is 4.98 Å². The monoisotopic (exact) mass is 243 g/mol. The average molecular weight is 243 g/mol. The van der Waals surface area contributed by atoms with Crippen LogP contribution in [-0.4, -0.2) is 15.1 Å². The molecular formula is C15H21N3. The maximum atomic E-state index is 4.24. The van der Waals surface area contributed by atoms with Crippen molar-refractivity contribution in [3.63, 3.8) is 0 Å². The summed E-state index contributed by atoms with van der Waals surface area (Å²) in [5, 5.41) is 3.49. The number of imidazole rings is 1. The lowest BCUT2D eigenvalue weighted by Crippen LogP contribution is -2.35. The summed E-state index contributed by atoms with van der Waals surface area (Å²) in [6.07, 6.45) is 3.83. The number of nitrogens with zero attached hydrogens (tertiary/aromatic N) is 2. The van der Waals surface area contributed by atoms with Crippen molar-refractivity contribution in [1.82, 2.24) is 14.9 Å². The molecule has 0 aliphatic rings. The van der Waals surface area contributed by atoms with E-state index >= 15 is 0 Å². The molecule has 0 bridgehead atoms. The number of benzene rings is 1. The lowest BCUT2D eigenvalue weighted by atomic mass is 10.1. The molecule has 0 spiro atoms. The zero-order valence-electron chi connectivity index (χ0n) is 11.4. The summed E-state index contributed by atoms with van der Waals surface area (Å²) >= 11 is 0. The Bertz CT molecular complexity index is 480. The SMILES string of the molecule is CC(C)(C)NCc1cncn1Cc1ccccc1. The van der Waals surface area contributed by atoms with E-state index < -0.39 is 0 Å². The van der Waals surface area contributed by atoms with E-state index in [0.717, 1.165) is 13.1 Å². The highest BCUT2D eigenvalue weighted by Gasteiger charge is 2.10. The van der Waals surface area contributed by atoms with Gasteiger partial charge >= 0.3 is 0 Å². The highest BCUT2D eigenvalue weighted by Crippen LogP contribution is 2.08. The van der Waals surface area contributed by atoms with Crippen LogP contribution in [0.4, 0.5) is 0 Å². The first kappa shape index (κ1) is 12.8. The Morgan fingerprint density at radius 1 is 1.17 bits per heavy atom. The fourth-order valence-electron chi connectivity index (χ4n) is 1.77. The zero-order chi connectivity index (χ0) is 13.0. The summed E-state index contributed by atoms with van der Waals surface area (Å²) in [5.74, 6) is 0. The second-order valence-electron chi connectivity index (χ2n) is 5.60. The van der Waals surface area contributed by atoms with E-state index in [1.807, 2.05) is 18.6 Å². The highest BCUT2D eigenvalue weighted by molar-refractivity contribution is 5.16. The minimum atomic E-state index is 0.127. The standard InChI is InChI=1S/C15H21N3/c1-15(2,3)17-10-14-9-16-12-18(14)11-13-7-5-4-6-8-13/h4-9,12,17H,10-11H2,1-3H3. The van der Waals surface area contributed by atoms with E-state index in [9.17, 15) is 0 Å². The summed E-state index contributed by atoms with van der Waals surface area (Å²) in [7, 11) is 0. The van der Waals surface area contributed by atoms with Gasteiger partial charge in [-0.2, -0.15) is 0 Å². The van der Waals surface area contributed by atoms with E-state index in [1.165, 1.54) is 11.3 Å². The maximum absolute atomic E-state index is 4.24. The predicted molar refractivity (Wildman–Crippen MR) is 74.4 cm³/mol. The van der Waals surface area contributed by atoms with Gasteiger partial charge in [-0.15, -0.1) is 0 Å². The number of nitrogens with one attached hydrogen (secondary N) is 1. The van der Waals surface area contributed by atoms with Crippen LogP contribution in [0.5, 0.6) is 0 Å².